The summed E-state index contributed by atoms with van der Waals surface area (Å²) >= 11 is 0. The van der Waals surface area contributed by atoms with Crippen LogP contribution in [0.5, 0.6) is 0 Å². The van der Waals surface area contributed by atoms with Crippen molar-refractivity contribution in [3.63, 3.8) is 0 Å². The third kappa shape index (κ3) is 6.01. The van der Waals surface area contributed by atoms with Crippen molar-refractivity contribution < 1.29 is 14.3 Å². The highest BCUT2D eigenvalue weighted by Gasteiger charge is 2.27. The van der Waals surface area contributed by atoms with Crippen LogP contribution in [0.4, 0.5) is 4.79 Å². The van der Waals surface area contributed by atoms with Gasteiger partial charge in [0.2, 0.25) is 5.91 Å². The Morgan fingerprint density at radius 1 is 1.13 bits per heavy atom. The highest BCUT2D eigenvalue weighted by atomic mass is 16.5. The number of amides is 3. The van der Waals surface area contributed by atoms with Gasteiger partial charge in [-0.15, -0.1) is 0 Å². The van der Waals surface area contributed by atoms with Gasteiger partial charge < -0.3 is 20.3 Å². The quantitative estimate of drug-likeness (QED) is 0.733. The van der Waals surface area contributed by atoms with Crippen molar-refractivity contribution >= 4 is 11.9 Å². The van der Waals surface area contributed by atoms with Gasteiger partial charge in [0.15, 0.2) is 0 Å². The summed E-state index contributed by atoms with van der Waals surface area (Å²) in [4.78, 5) is 25.8. The van der Waals surface area contributed by atoms with Crippen molar-refractivity contribution in [2.45, 2.75) is 64.6 Å². The van der Waals surface area contributed by atoms with Crippen molar-refractivity contribution in [3.05, 3.63) is 0 Å². The van der Waals surface area contributed by atoms with E-state index in [1.54, 1.807) is 0 Å². The number of morpholine rings is 1. The molecule has 2 N–H and O–H groups in total. The maximum absolute atomic E-state index is 12.2. The van der Waals surface area contributed by atoms with Gasteiger partial charge in [-0.2, -0.15) is 0 Å². The van der Waals surface area contributed by atoms with Crippen molar-refractivity contribution in [2.75, 3.05) is 26.2 Å². The Balaban J connectivity index is 1.59. The third-order valence-corrected chi connectivity index (χ3v) is 4.74. The minimum atomic E-state index is -0.0661. The summed E-state index contributed by atoms with van der Waals surface area (Å²) in [5.74, 6) is 0.669. The molecule has 2 fully saturated rings. The van der Waals surface area contributed by atoms with Crippen LogP contribution in [0, 0.1) is 5.92 Å². The molecule has 6 heteroatoms. The highest BCUT2D eigenvalue weighted by molar-refractivity contribution is 5.76. The van der Waals surface area contributed by atoms with E-state index in [2.05, 4.69) is 17.6 Å². The van der Waals surface area contributed by atoms with Gasteiger partial charge in [-0.3, -0.25) is 4.79 Å². The lowest BCUT2D eigenvalue weighted by Gasteiger charge is -2.36. The highest BCUT2D eigenvalue weighted by Crippen LogP contribution is 2.27. The third-order valence-electron chi connectivity index (χ3n) is 4.74. The molecule has 0 unspecified atom stereocenters. The van der Waals surface area contributed by atoms with E-state index >= 15 is 0 Å². The first-order chi connectivity index (χ1) is 11.1. The normalized spacial score (nSPS) is 25.4. The molecule has 1 aliphatic carbocycles. The number of rotatable bonds is 6. The number of hydrogen-bond acceptors (Lipinski definition) is 3. The number of hydrogen-bond donors (Lipinski definition) is 2. The predicted molar refractivity (Wildman–Crippen MR) is 89.2 cm³/mol. The van der Waals surface area contributed by atoms with Crippen LogP contribution in [0.15, 0.2) is 0 Å². The lowest BCUT2D eigenvalue weighted by molar-refractivity contribution is -0.121. The number of carbonyl (C=O) groups is 2. The molecule has 0 radical (unpaired) electrons. The van der Waals surface area contributed by atoms with E-state index < -0.39 is 0 Å². The van der Waals surface area contributed by atoms with Gasteiger partial charge in [0, 0.05) is 32.6 Å². The largest absolute Gasteiger partial charge is 0.372 e. The maximum atomic E-state index is 12.2. The van der Waals surface area contributed by atoms with Crippen LogP contribution in [-0.4, -0.2) is 55.2 Å². The van der Waals surface area contributed by atoms with Crippen LogP contribution in [0.2, 0.25) is 0 Å². The number of nitrogens with one attached hydrogen (secondary N) is 2. The molecule has 23 heavy (non-hydrogen) atoms. The minimum absolute atomic E-state index is 0.0661. The molecule has 0 aromatic carbocycles. The van der Waals surface area contributed by atoms with E-state index in [0.717, 1.165) is 6.42 Å². The minimum Gasteiger partial charge on any atom is -0.372 e. The van der Waals surface area contributed by atoms with Gasteiger partial charge in [0.25, 0.3) is 0 Å². The molecule has 0 spiro atoms. The summed E-state index contributed by atoms with van der Waals surface area (Å²) in [6.45, 7) is 6.28. The number of urea groups is 1. The molecule has 1 saturated heterocycles. The van der Waals surface area contributed by atoms with E-state index in [1.807, 2.05) is 11.8 Å². The van der Waals surface area contributed by atoms with Crippen molar-refractivity contribution in [1.29, 1.82) is 0 Å². The van der Waals surface area contributed by atoms with Gasteiger partial charge in [-0.25, -0.2) is 4.79 Å². The Labute approximate surface area is 139 Å². The first kappa shape index (κ1) is 18.0. The van der Waals surface area contributed by atoms with E-state index in [-0.39, 0.29) is 24.1 Å². The molecular weight excluding hydrogens is 294 g/mol. The maximum Gasteiger partial charge on any atom is 0.317 e. The topological polar surface area (TPSA) is 70.7 Å². The first-order valence-electron chi connectivity index (χ1n) is 9.03. The van der Waals surface area contributed by atoms with Crippen molar-refractivity contribution in [2.24, 2.45) is 5.92 Å². The van der Waals surface area contributed by atoms with E-state index in [0.29, 0.717) is 38.5 Å². The molecular formula is C17H31N3O3. The number of carbonyl (C=O) groups excluding carboxylic acids is 2. The number of nitrogens with zero attached hydrogens (tertiary/aromatic N) is 1. The zero-order chi connectivity index (χ0) is 16.7. The molecule has 0 aromatic heterocycles. The molecule has 2 atom stereocenters. The monoisotopic (exact) mass is 325 g/mol. The van der Waals surface area contributed by atoms with Crippen LogP contribution >= 0.6 is 0 Å². The van der Waals surface area contributed by atoms with Gasteiger partial charge in [0.05, 0.1) is 12.2 Å². The average molecular weight is 325 g/mol. The molecule has 132 valence electrons. The van der Waals surface area contributed by atoms with Crippen LogP contribution in [0.25, 0.3) is 0 Å². The number of ether oxygens (including phenoxy) is 1. The average Bonchev–Trinajstić information content (AvgIpc) is 3.03. The van der Waals surface area contributed by atoms with E-state index in [4.69, 9.17) is 4.74 Å². The lowest BCUT2D eigenvalue weighted by atomic mass is 10.0. The molecule has 6 nitrogen and oxygen atoms in total. The Bertz CT molecular complexity index is 397. The SMILES string of the molecule is CC[C@H]1CN(C(=O)NCCNC(=O)CC2CCCC2)C[C@H](C)O1. The zero-order valence-corrected chi connectivity index (χ0v) is 14.5. The Hall–Kier alpha value is -1.30. The lowest BCUT2D eigenvalue weighted by Crippen LogP contribution is -2.53. The van der Waals surface area contributed by atoms with Crippen LogP contribution < -0.4 is 10.6 Å². The molecule has 2 rings (SSSR count). The fourth-order valence-corrected chi connectivity index (χ4v) is 3.47. The van der Waals surface area contributed by atoms with Crippen molar-refractivity contribution in [1.82, 2.24) is 15.5 Å². The second-order valence-corrected chi connectivity index (χ2v) is 6.82. The standard InChI is InChI=1S/C17H31N3O3/c1-3-15-12-20(11-13(2)23-15)17(22)19-9-8-18-16(21)10-14-6-4-5-7-14/h13-15H,3-12H2,1-2H3,(H,18,21)(H,19,22)/t13-,15-/m0/s1. The zero-order valence-electron chi connectivity index (χ0n) is 14.5. The Morgan fingerprint density at radius 3 is 2.52 bits per heavy atom. The summed E-state index contributed by atoms with van der Waals surface area (Å²) in [7, 11) is 0. The molecule has 1 saturated carbocycles. The summed E-state index contributed by atoms with van der Waals surface area (Å²) in [6, 6.07) is -0.0661. The summed E-state index contributed by atoms with van der Waals surface area (Å²) < 4.78 is 5.76. The summed E-state index contributed by atoms with van der Waals surface area (Å²) in [5, 5.41) is 5.78. The smallest absolute Gasteiger partial charge is 0.317 e. The second kappa shape index (κ2) is 9.11. The van der Waals surface area contributed by atoms with Crippen LogP contribution in [-0.2, 0) is 9.53 Å². The Kier molecular flexibility index (Phi) is 7.15. The van der Waals surface area contributed by atoms with E-state index in [9.17, 15) is 9.59 Å². The molecule has 1 heterocycles. The molecule has 0 aromatic rings. The summed E-state index contributed by atoms with van der Waals surface area (Å²) in [6.07, 6.45) is 6.60. The second-order valence-electron chi connectivity index (χ2n) is 6.82. The van der Waals surface area contributed by atoms with Gasteiger partial charge >= 0.3 is 6.03 Å². The van der Waals surface area contributed by atoms with Gasteiger partial charge in [-0.05, 0) is 32.1 Å². The van der Waals surface area contributed by atoms with Crippen LogP contribution in [0.3, 0.4) is 0 Å². The molecule has 2 aliphatic rings. The van der Waals surface area contributed by atoms with Gasteiger partial charge in [-0.1, -0.05) is 19.8 Å². The Morgan fingerprint density at radius 2 is 1.83 bits per heavy atom. The van der Waals surface area contributed by atoms with Crippen LogP contribution in [0.1, 0.15) is 52.4 Å². The first-order valence-corrected chi connectivity index (χ1v) is 9.03. The fourth-order valence-electron chi connectivity index (χ4n) is 3.47. The van der Waals surface area contributed by atoms with Gasteiger partial charge in [0.1, 0.15) is 0 Å². The van der Waals surface area contributed by atoms with E-state index in [1.165, 1.54) is 25.7 Å². The molecule has 1 aliphatic heterocycles. The predicted octanol–water partition coefficient (Wildman–Crippen LogP) is 1.89. The van der Waals surface area contributed by atoms with Crippen molar-refractivity contribution in [3.8, 4) is 0 Å². The molecule has 3 amide bonds. The molecule has 0 bridgehead atoms. The fraction of sp³-hybridized carbons (Fsp3) is 0.882. The summed E-state index contributed by atoms with van der Waals surface area (Å²) in [5.41, 5.74) is 0.